The molecule has 5 aromatic rings. The Balaban J connectivity index is 1.55. The van der Waals surface area contributed by atoms with Gasteiger partial charge in [-0.05, 0) is 31.4 Å². The second kappa shape index (κ2) is 8.18. The second-order valence-electron chi connectivity index (χ2n) is 8.74. The van der Waals surface area contributed by atoms with Crippen molar-refractivity contribution in [1.82, 2.24) is 39.4 Å². The number of benzene rings is 1. The van der Waals surface area contributed by atoms with Gasteiger partial charge in [0, 0.05) is 31.8 Å². The third kappa shape index (κ3) is 3.63. The maximum absolute atomic E-state index is 13.9. The van der Waals surface area contributed by atoms with E-state index in [-0.39, 0.29) is 29.1 Å². The molecular weight excluding hydrogens is 460 g/mol. The lowest BCUT2D eigenvalue weighted by molar-refractivity contribution is 0.394. The molecule has 0 radical (unpaired) electrons. The number of nitrogen functional groups attached to an aromatic ring is 1. The van der Waals surface area contributed by atoms with E-state index in [2.05, 4.69) is 25.2 Å². The first-order valence-electron chi connectivity index (χ1n) is 11.4. The number of aryl methyl sites for hydroxylation is 2. The number of nitrogens with two attached hydrogens (primary N) is 1. The van der Waals surface area contributed by atoms with Gasteiger partial charge < -0.3 is 10.3 Å². The van der Waals surface area contributed by atoms with Crippen LogP contribution in [0.1, 0.15) is 37.5 Å². The summed E-state index contributed by atoms with van der Waals surface area (Å²) >= 11 is 0. The molecule has 0 atom stereocenters. The minimum Gasteiger partial charge on any atom is -0.383 e. The third-order valence-electron chi connectivity index (χ3n) is 6.06. The van der Waals surface area contributed by atoms with Crippen molar-refractivity contribution < 1.29 is 4.52 Å². The number of hydrogen-bond donors (Lipinski definition) is 1. The molecule has 4 heterocycles. The third-order valence-corrected chi connectivity index (χ3v) is 6.06. The minimum absolute atomic E-state index is 0.0614. The molecule has 0 bridgehead atoms. The Morgan fingerprint density at radius 1 is 1.22 bits per heavy atom. The van der Waals surface area contributed by atoms with E-state index in [4.69, 9.17) is 20.2 Å². The van der Waals surface area contributed by atoms with E-state index in [1.165, 1.54) is 6.33 Å². The lowest BCUT2D eigenvalue weighted by Gasteiger charge is -2.14. The van der Waals surface area contributed by atoms with Gasteiger partial charge >= 0.3 is 0 Å². The minimum atomic E-state index is -0.109. The lowest BCUT2D eigenvalue weighted by Crippen LogP contribution is -2.27. The Hall–Kier alpha value is -4.74. The number of aliphatic imine (C=N–C) groups is 1. The molecular formula is C24H22N10O2. The predicted octanol–water partition coefficient (Wildman–Crippen LogP) is 3.00. The molecule has 0 saturated heterocycles. The topological polar surface area (TPSA) is 156 Å². The highest BCUT2D eigenvalue weighted by Gasteiger charge is 2.30. The normalized spacial score (nSPS) is 14.0. The van der Waals surface area contributed by atoms with Crippen molar-refractivity contribution in [3.05, 3.63) is 59.0 Å². The molecule has 12 nitrogen and oxygen atoms in total. The van der Waals surface area contributed by atoms with Crippen LogP contribution in [0.25, 0.3) is 33.4 Å². The van der Waals surface area contributed by atoms with Gasteiger partial charge in [0.2, 0.25) is 11.7 Å². The Labute approximate surface area is 204 Å². The zero-order chi connectivity index (χ0) is 25.0. The molecule has 4 aromatic heterocycles. The van der Waals surface area contributed by atoms with Crippen molar-refractivity contribution in [3.63, 3.8) is 0 Å². The SMILES string of the molecule is CC(=Nc1ncnc(N)c1-c1noc(C)n1)c1nc2cccc(-c3cnn(C)c3)c2c(=O)n1C1CC1. The van der Waals surface area contributed by atoms with E-state index >= 15 is 0 Å². The van der Waals surface area contributed by atoms with Crippen LogP contribution in [0.4, 0.5) is 11.6 Å². The summed E-state index contributed by atoms with van der Waals surface area (Å²) in [7, 11) is 1.84. The Bertz CT molecular complexity index is 1720. The molecule has 180 valence electrons. The molecule has 0 amide bonds. The van der Waals surface area contributed by atoms with Gasteiger partial charge in [0.1, 0.15) is 17.7 Å². The first-order chi connectivity index (χ1) is 17.4. The standard InChI is InChI=1S/C24H22N10O2/c1-12(29-21-19(20(25)26-11-27-21)22-30-13(2)36-32-22)23-31-17-6-4-5-16(14-9-28-33(3)10-14)18(17)24(35)34(23)15-7-8-15/h4-6,9-11,15H,7-8H2,1-3H3,(H2,25,26,27). The van der Waals surface area contributed by atoms with Crippen molar-refractivity contribution in [2.24, 2.45) is 12.0 Å². The summed E-state index contributed by atoms with van der Waals surface area (Å²) in [4.78, 5) is 36.1. The summed E-state index contributed by atoms with van der Waals surface area (Å²) in [5.41, 5.74) is 9.11. The molecule has 36 heavy (non-hydrogen) atoms. The Morgan fingerprint density at radius 3 is 2.75 bits per heavy atom. The van der Waals surface area contributed by atoms with Gasteiger partial charge in [-0.25, -0.2) is 19.9 Å². The van der Waals surface area contributed by atoms with E-state index in [0.29, 0.717) is 33.9 Å². The average Bonchev–Trinajstić information content (AvgIpc) is 3.45. The largest absolute Gasteiger partial charge is 0.383 e. The quantitative estimate of drug-likeness (QED) is 0.372. The van der Waals surface area contributed by atoms with Crippen molar-refractivity contribution in [2.45, 2.75) is 32.7 Å². The zero-order valence-electron chi connectivity index (χ0n) is 19.9. The van der Waals surface area contributed by atoms with E-state index in [9.17, 15) is 4.79 Å². The molecule has 1 aliphatic rings. The van der Waals surface area contributed by atoms with E-state index in [1.807, 2.05) is 31.4 Å². The highest BCUT2D eigenvalue weighted by atomic mass is 16.5. The van der Waals surface area contributed by atoms with E-state index in [1.54, 1.807) is 29.3 Å². The summed E-state index contributed by atoms with van der Waals surface area (Å²) in [5, 5.41) is 8.77. The van der Waals surface area contributed by atoms with Gasteiger partial charge in [0.25, 0.3) is 5.56 Å². The summed E-state index contributed by atoms with van der Waals surface area (Å²) in [6.07, 6.45) is 6.75. The summed E-state index contributed by atoms with van der Waals surface area (Å²) < 4.78 is 8.56. The molecule has 1 aliphatic carbocycles. The summed E-state index contributed by atoms with van der Waals surface area (Å²) in [6.45, 7) is 3.47. The van der Waals surface area contributed by atoms with Crippen LogP contribution in [-0.4, -0.2) is 45.2 Å². The highest BCUT2D eigenvalue weighted by Crippen LogP contribution is 2.36. The maximum Gasteiger partial charge on any atom is 0.262 e. The van der Waals surface area contributed by atoms with Gasteiger partial charge in [-0.3, -0.25) is 14.0 Å². The summed E-state index contributed by atoms with van der Waals surface area (Å²) in [5.74, 6) is 1.53. The number of fused-ring (bicyclic) bond motifs is 1. The zero-order valence-corrected chi connectivity index (χ0v) is 19.9. The molecule has 2 N–H and O–H groups in total. The van der Waals surface area contributed by atoms with E-state index in [0.717, 1.165) is 24.0 Å². The smallest absolute Gasteiger partial charge is 0.262 e. The van der Waals surface area contributed by atoms with Crippen molar-refractivity contribution in [3.8, 4) is 22.5 Å². The number of rotatable bonds is 5. The van der Waals surface area contributed by atoms with Crippen molar-refractivity contribution in [1.29, 1.82) is 0 Å². The fourth-order valence-electron chi connectivity index (χ4n) is 4.27. The predicted molar refractivity (Wildman–Crippen MR) is 133 cm³/mol. The van der Waals surface area contributed by atoms with Gasteiger partial charge in [0.05, 0.1) is 22.8 Å². The molecule has 6 rings (SSSR count). The van der Waals surface area contributed by atoms with Crippen LogP contribution in [0.2, 0.25) is 0 Å². The molecule has 1 aromatic carbocycles. The number of hydrogen-bond acceptors (Lipinski definition) is 10. The van der Waals surface area contributed by atoms with Crippen LogP contribution in [0.5, 0.6) is 0 Å². The van der Waals surface area contributed by atoms with Crippen LogP contribution in [0, 0.1) is 6.92 Å². The monoisotopic (exact) mass is 482 g/mol. The van der Waals surface area contributed by atoms with Crippen LogP contribution in [0.15, 0.2) is 51.2 Å². The highest BCUT2D eigenvalue weighted by molar-refractivity contribution is 6.01. The molecule has 0 spiro atoms. The van der Waals surface area contributed by atoms with E-state index < -0.39 is 0 Å². The molecule has 1 saturated carbocycles. The van der Waals surface area contributed by atoms with Crippen molar-refractivity contribution in [2.75, 3.05) is 5.73 Å². The van der Waals surface area contributed by atoms with Crippen LogP contribution in [-0.2, 0) is 7.05 Å². The Morgan fingerprint density at radius 2 is 2.06 bits per heavy atom. The fourth-order valence-corrected chi connectivity index (χ4v) is 4.27. The lowest BCUT2D eigenvalue weighted by atomic mass is 10.0. The van der Waals surface area contributed by atoms with Crippen LogP contribution < -0.4 is 11.3 Å². The van der Waals surface area contributed by atoms with Gasteiger partial charge in [-0.1, -0.05) is 17.3 Å². The summed E-state index contributed by atoms with van der Waals surface area (Å²) in [6, 6.07) is 5.70. The first-order valence-corrected chi connectivity index (χ1v) is 11.4. The molecule has 12 heteroatoms. The molecule has 0 aliphatic heterocycles. The molecule has 0 unspecified atom stereocenters. The Kier molecular flexibility index (Phi) is 4.95. The van der Waals surface area contributed by atoms with Gasteiger partial charge in [0.15, 0.2) is 11.6 Å². The number of aromatic nitrogens is 8. The molecule has 1 fully saturated rings. The second-order valence-corrected chi connectivity index (χ2v) is 8.74. The maximum atomic E-state index is 13.9. The fraction of sp³-hybridized carbons (Fsp3) is 0.250. The number of nitrogens with zero attached hydrogens (tertiary/aromatic N) is 9. The average molecular weight is 483 g/mol. The first kappa shape index (κ1) is 21.8. The van der Waals surface area contributed by atoms with Gasteiger partial charge in [-0.15, -0.1) is 0 Å². The number of anilines is 1. The van der Waals surface area contributed by atoms with Gasteiger partial charge in [-0.2, -0.15) is 10.1 Å². The van der Waals surface area contributed by atoms with Crippen molar-refractivity contribution >= 4 is 28.3 Å². The van der Waals surface area contributed by atoms with Crippen LogP contribution in [0.3, 0.4) is 0 Å². The van der Waals surface area contributed by atoms with Crippen LogP contribution >= 0.6 is 0 Å².